The van der Waals surface area contributed by atoms with E-state index in [-0.39, 0.29) is 0 Å². The van der Waals surface area contributed by atoms with E-state index in [1.807, 2.05) is 29.6 Å². The van der Waals surface area contributed by atoms with Crippen LogP contribution in [0.5, 0.6) is 0 Å². The Morgan fingerprint density at radius 1 is 1.29 bits per heavy atom. The third-order valence-corrected chi connectivity index (χ3v) is 4.67. The lowest BCUT2D eigenvalue weighted by Gasteiger charge is -2.18. The lowest BCUT2D eigenvalue weighted by molar-refractivity contribution is -0.0541. The fourth-order valence-corrected chi connectivity index (χ4v) is 2.83. The normalized spacial score (nSPS) is 15.4. The number of thiazole rings is 1. The zero-order valence-electron chi connectivity index (χ0n) is 12.8. The van der Waals surface area contributed by atoms with Crippen LogP contribution in [0.1, 0.15) is 0 Å². The Balaban J connectivity index is 2.04. The molecule has 3 atom stereocenters. The van der Waals surface area contributed by atoms with Crippen molar-refractivity contribution in [2.75, 3.05) is 18.7 Å². The lowest BCUT2D eigenvalue weighted by Crippen LogP contribution is -2.40. The van der Waals surface area contributed by atoms with E-state index in [1.54, 1.807) is 7.05 Å². The fourth-order valence-electron chi connectivity index (χ4n) is 1.81. The Kier molecular flexibility index (Phi) is 6.84. The van der Waals surface area contributed by atoms with Crippen molar-refractivity contribution in [3.63, 3.8) is 0 Å². The Morgan fingerprint density at radius 2 is 1.96 bits per heavy atom. The Bertz CT molecular complexity index is 680. The van der Waals surface area contributed by atoms with Crippen LogP contribution in [-0.4, -0.2) is 63.6 Å². The third kappa shape index (κ3) is 4.82. The van der Waals surface area contributed by atoms with Crippen LogP contribution in [0.15, 0.2) is 39.2 Å². The average Bonchev–Trinajstić information content (AvgIpc) is 3.08. The molecule has 0 unspecified atom stereocenters. The first-order chi connectivity index (χ1) is 11.4. The molecule has 0 saturated carbocycles. The maximum Gasteiger partial charge on any atom is 0.206 e. The molecule has 0 radical (unpaired) electrons. The van der Waals surface area contributed by atoms with E-state index in [4.69, 9.17) is 5.11 Å². The number of nitrogens with zero attached hydrogens (tertiary/aromatic N) is 3. The number of halogens is 1. The van der Waals surface area contributed by atoms with Crippen LogP contribution < -0.4 is 5.01 Å². The molecule has 0 fully saturated rings. The molecule has 0 spiro atoms. The highest BCUT2D eigenvalue weighted by molar-refractivity contribution is 9.10. The Morgan fingerprint density at radius 3 is 2.58 bits per heavy atom. The number of rotatable bonds is 7. The van der Waals surface area contributed by atoms with Gasteiger partial charge >= 0.3 is 0 Å². The first-order valence-corrected chi connectivity index (χ1v) is 8.74. The number of aliphatic hydroxyl groups excluding tert-OH is 4. The summed E-state index contributed by atoms with van der Waals surface area (Å²) in [6.45, 7) is -0.648. The zero-order valence-corrected chi connectivity index (χ0v) is 15.2. The van der Waals surface area contributed by atoms with Gasteiger partial charge in [0.05, 0.1) is 18.5 Å². The van der Waals surface area contributed by atoms with E-state index in [9.17, 15) is 15.3 Å². The maximum absolute atomic E-state index is 9.71. The Labute approximate surface area is 151 Å². The second-order valence-corrected chi connectivity index (χ2v) is 6.79. The van der Waals surface area contributed by atoms with Gasteiger partial charge in [-0.2, -0.15) is 5.10 Å². The van der Waals surface area contributed by atoms with E-state index in [0.717, 1.165) is 21.9 Å². The summed E-state index contributed by atoms with van der Waals surface area (Å²) >= 11 is 4.77. The summed E-state index contributed by atoms with van der Waals surface area (Å²) in [6.07, 6.45) is -3.26. The molecule has 1 heterocycles. The van der Waals surface area contributed by atoms with E-state index in [1.165, 1.54) is 16.3 Å². The number of anilines is 1. The van der Waals surface area contributed by atoms with Gasteiger partial charge in [0.1, 0.15) is 18.3 Å². The number of hydrogen-bond acceptors (Lipinski definition) is 8. The van der Waals surface area contributed by atoms with Crippen LogP contribution in [0.4, 0.5) is 5.13 Å². The molecule has 0 aliphatic carbocycles. The van der Waals surface area contributed by atoms with Gasteiger partial charge in [-0.05, 0) is 12.1 Å². The van der Waals surface area contributed by atoms with Gasteiger partial charge in [0.15, 0.2) is 0 Å². The molecule has 1 aromatic heterocycles. The quantitative estimate of drug-likeness (QED) is 0.397. The molecule has 0 amide bonds. The van der Waals surface area contributed by atoms with Gasteiger partial charge in [-0.15, -0.1) is 11.3 Å². The van der Waals surface area contributed by atoms with Crippen LogP contribution in [0.25, 0.3) is 11.3 Å². The number of hydrazone groups is 1. The van der Waals surface area contributed by atoms with Crippen molar-refractivity contribution < 1.29 is 20.4 Å². The zero-order chi connectivity index (χ0) is 17.7. The van der Waals surface area contributed by atoms with Gasteiger partial charge in [-0.25, -0.2) is 9.99 Å². The molecule has 9 heteroatoms. The molecule has 0 aliphatic heterocycles. The highest BCUT2D eigenvalue weighted by Crippen LogP contribution is 2.27. The van der Waals surface area contributed by atoms with Gasteiger partial charge in [0.25, 0.3) is 0 Å². The molecule has 7 nitrogen and oxygen atoms in total. The van der Waals surface area contributed by atoms with Crippen LogP contribution >= 0.6 is 27.3 Å². The van der Waals surface area contributed by atoms with Crippen molar-refractivity contribution in [2.45, 2.75) is 18.3 Å². The molecule has 4 N–H and O–H groups in total. The molecule has 130 valence electrons. The van der Waals surface area contributed by atoms with Crippen LogP contribution in [-0.2, 0) is 0 Å². The minimum atomic E-state index is -1.51. The van der Waals surface area contributed by atoms with Gasteiger partial charge < -0.3 is 20.4 Å². The predicted octanol–water partition coefficient (Wildman–Crippen LogP) is 1.07. The maximum atomic E-state index is 9.71. The number of benzene rings is 1. The lowest BCUT2D eigenvalue weighted by atomic mass is 10.1. The molecule has 2 rings (SSSR count). The summed E-state index contributed by atoms with van der Waals surface area (Å²) in [7, 11) is 1.66. The largest absolute Gasteiger partial charge is 0.394 e. The summed E-state index contributed by atoms with van der Waals surface area (Å²) in [5.74, 6) is 0. The first kappa shape index (κ1) is 19.0. The first-order valence-electron chi connectivity index (χ1n) is 7.06. The average molecular weight is 416 g/mol. The molecule has 0 saturated heterocycles. The van der Waals surface area contributed by atoms with Crippen molar-refractivity contribution >= 4 is 38.6 Å². The highest BCUT2D eigenvalue weighted by atomic mass is 79.9. The smallest absolute Gasteiger partial charge is 0.206 e. The fraction of sp³-hybridized carbons (Fsp3) is 0.333. The molecule has 0 bridgehead atoms. The minimum absolute atomic E-state index is 0.605. The van der Waals surface area contributed by atoms with Crippen molar-refractivity contribution in [2.24, 2.45) is 5.10 Å². The minimum Gasteiger partial charge on any atom is -0.394 e. The van der Waals surface area contributed by atoms with Gasteiger partial charge in [-0.3, -0.25) is 0 Å². The van der Waals surface area contributed by atoms with E-state index < -0.39 is 24.9 Å². The number of hydrogen-bond donors (Lipinski definition) is 4. The van der Waals surface area contributed by atoms with Crippen molar-refractivity contribution in [3.05, 3.63) is 34.1 Å². The predicted molar refractivity (Wildman–Crippen MR) is 97.3 cm³/mol. The SMILES string of the molecule is CN(/N=C/[C@H](O)[C@@H](O)[C@H](O)CO)c1nc(-c2ccc(Br)cc2)cs1. The summed E-state index contributed by atoms with van der Waals surface area (Å²) in [6, 6.07) is 7.76. The summed E-state index contributed by atoms with van der Waals surface area (Å²) in [5, 5.41) is 45.2. The van der Waals surface area contributed by atoms with Crippen molar-refractivity contribution in [3.8, 4) is 11.3 Å². The molecule has 1 aromatic carbocycles. The summed E-state index contributed by atoms with van der Waals surface area (Å²) < 4.78 is 0.987. The summed E-state index contributed by atoms with van der Waals surface area (Å²) in [4.78, 5) is 4.47. The second kappa shape index (κ2) is 8.65. The molecular formula is C15H18BrN3O4S. The number of aromatic nitrogens is 1. The standard InChI is InChI=1S/C15H18BrN3O4S/c1-19(17-6-12(21)14(23)13(22)7-20)15-18-11(8-24-15)9-2-4-10(16)5-3-9/h2-6,8,12-14,20-23H,7H2,1H3/b17-6+/t12-,13+,14+/m0/s1. The topological polar surface area (TPSA) is 109 Å². The van der Waals surface area contributed by atoms with E-state index >= 15 is 0 Å². The van der Waals surface area contributed by atoms with E-state index in [2.05, 4.69) is 26.0 Å². The van der Waals surface area contributed by atoms with Gasteiger partial charge in [-0.1, -0.05) is 28.1 Å². The van der Waals surface area contributed by atoms with Crippen LogP contribution in [0.3, 0.4) is 0 Å². The third-order valence-electron chi connectivity index (χ3n) is 3.23. The van der Waals surface area contributed by atoms with E-state index in [0.29, 0.717) is 5.13 Å². The molecule has 24 heavy (non-hydrogen) atoms. The van der Waals surface area contributed by atoms with Gasteiger partial charge in [0.2, 0.25) is 5.13 Å². The van der Waals surface area contributed by atoms with Crippen LogP contribution in [0.2, 0.25) is 0 Å². The second-order valence-electron chi connectivity index (χ2n) is 5.04. The van der Waals surface area contributed by atoms with Crippen molar-refractivity contribution in [1.82, 2.24) is 4.98 Å². The molecule has 2 aromatic rings. The molecule has 0 aliphatic rings. The summed E-state index contributed by atoms with van der Waals surface area (Å²) in [5.41, 5.74) is 1.78. The number of aliphatic hydroxyl groups is 4. The van der Waals surface area contributed by atoms with Crippen molar-refractivity contribution in [1.29, 1.82) is 0 Å². The monoisotopic (exact) mass is 415 g/mol. The highest BCUT2D eigenvalue weighted by Gasteiger charge is 2.22. The molecular weight excluding hydrogens is 398 g/mol. The van der Waals surface area contributed by atoms with Gasteiger partial charge in [0, 0.05) is 22.5 Å². The van der Waals surface area contributed by atoms with Crippen LogP contribution in [0, 0.1) is 0 Å². The Hall–Kier alpha value is -1.36.